The third-order valence-electron chi connectivity index (χ3n) is 5.36. The van der Waals surface area contributed by atoms with Crippen LogP contribution < -0.4 is 10.1 Å². The number of aryl methyl sites for hydroxylation is 1. The summed E-state index contributed by atoms with van der Waals surface area (Å²) in [6.07, 6.45) is 2.66. The number of nitrogens with one attached hydrogen (secondary N) is 1. The van der Waals surface area contributed by atoms with Crippen LogP contribution in [0, 0.1) is 5.82 Å². The van der Waals surface area contributed by atoms with Crippen LogP contribution in [0.2, 0.25) is 15.1 Å². The summed E-state index contributed by atoms with van der Waals surface area (Å²) >= 11 is 17.5. The van der Waals surface area contributed by atoms with Gasteiger partial charge in [0.05, 0.1) is 22.3 Å². The van der Waals surface area contributed by atoms with Crippen molar-refractivity contribution in [3.05, 3.63) is 79.7 Å². The topological polar surface area (TPSA) is 64.1 Å². The Hall–Kier alpha value is -2.55. The van der Waals surface area contributed by atoms with E-state index in [-0.39, 0.29) is 32.3 Å². The maximum atomic E-state index is 14.8. The number of ether oxygens (including phenoxy) is 1. The molecule has 0 fully saturated rings. The Balaban J connectivity index is 1.65. The van der Waals surface area contributed by atoms with Crippen LogP contribution in [-0.2, 0) is 18.8 Å². The first kappa shape index (κ1) is 24.6. The first-order valence-corrected chi connectivity index (χ1v) is 11.4. The second-order valence-electron chi connectivity index (χ2n) is 7.68. The number of benzene rings is 2. The number of amides is 1. The van der Waals surface area contributed by atoms with E-state index in [1.165, 1.54) is 30.3 Å². The summed E-state index contributed by atoms with van der Waals surface area (Å²) in [4.78, 5) is 13.1. The summed E-state index contributed by atoms with van der Waals surface area (Å²) in [6.45, 7) is -1.05. The number of nitrogens with zero attached hydrogens (tertiary/aromatic N) is 2. The standard InChI is InChI=1S/C23H17Cl3F3N3O2/c24-12-8-9-14(16(26)10-12)23(28,29)11-30-21(33)19-13-4-1-2-6-17(13)31-32-22(19)34-18-7-3-5-15(25)20(18)27/h3,5,7-10H,1-2,4,6,11H2,(H,30,33). The Labute approximate surface area is 208 Å². The minimum absolute atomic E-state index is 0.0675. The molecule has 0 atom stereocenters. The van der Waals surface area contributed by atoms with Gasteiger partial charge in [-0.15, -0.1) is 5.10 Å². The molecule has 1 heterocycles. The number of hydrogen-bond donors (Lipinski definition) is 1. The van der Waals surface area contributed by atoms with Gasteiger partial charge in [-0.3, -0.25) is 4.79 Å². The number of alkyl halides is 2. The van der Waals surface area contributed by atoms with E-state index >= 15 is 0 Å². The predicted molar refractivity (Wildman–Crippen MR) is 123 cm³/mol. The van der Waals surface area contributed by atoms with Crippen LogP contribution in [0.5, 0.6) is 11.6 Å². The molecule has 34 heavy (non-hydrogen) atoms. The van der Waals surface area contributed by atoms with Gasteiger partial charge in [0.1, 0.15) is 5.56 Å². The third-order valence-corrected chi connectivity index (χ3v) is 6.20. The van der Waals surface area contributed by atoms with Gasteiger partial charge in [0.25, 0.3) is 17.7 Å². The van der Waals surface area contributed by atoms with Gasteiger partial charge in [-0.05, 0) is 61.6 Å². The van der Waals surface area contributed by atoms with Crippen LogP contribution in [0.3, 0.4) is 0 Å². The van der Waals surface area contributed by atoms with Crippen molar-refractivity contribution >= 4 is 40.7 Å². The van der Waals surface area contributed by atoms with E-state index in [0.717, 1.165) is 18.9 Å². The highest BCUT2D eigenvalue weighted by molar-refractivity contribution is 6.35. The largest absolute Gasteiger partial charge is 0.434 e. The van der Waals surface area contributed by atoms with Crippen molar-refractivity contribution in [2.45, 2.75) is 31.6 Å². The second kappa shape index (κ2) is 9.98. The lowest BCUT2D eigenvalue weighted by Gasteiger charge is -2.22. The molecule has 0 radical (unpaired) electrons. The fourth-order valence-corrected chi connectivity index (χ4v) is 4.40. The van der Waals surface area contributed by atoms with Crippen LogP contribution in [-0.4, -0.2) is 22.6 Å². The molecular formula is C23H17Cl3F3N3O2. The summed E-state index contributed by atoms with van der Waals surface area (Å²) in [6, 6.07) is 7.68. The number of hydrogen-bond acceptors (Lipinski definition) is 4. The fourth-order valence-electron chi connectivity index (χ4n) is 3.69. The molecule has 1 aromatic heterocycles. The number of carbonyl (C=O) groups is 1. The summed E-state index contributed by atoms with van der Waals surface area (Å²) in [5.41, 5.74) is 0.556. The maximum Gasteiger partial charge on any atom is 0.291 e. The van der Waals surface area contributed by atoms with Gasteiger partial charge in [0.15, 0.2) is 11.6 Å². The molecule has 3 aromatic rings. The van der Waals surface area contributed by atoms with E-state index in [2.05, 4.69) is 15.5 Å². The number of carbonyl (C=O) groups excluding carboxylic acids is 1. The molecule has 1 N–H and O–H groups in total. The molecule has 1 amide bonds. The van der Waals surface area contributed by atoms with E-state index in [1.54, 1.807) is 0 Å². The van der Waals surface area contributed by atoms with Gasteiger partial charge in [0, 0.05) is 10.6 Å². The molecule has 2 aromatic carbocycles. The summed E-state index contributed by atoms with van der Waals surface area (Å²) in [5, 5.41) is 10.1. The molecule has 11 heteroatoms. The van der Waals surface area contributed by atoms with Crippen LogP contribution in [0.1, 0.15) is 40.0 Å². The van der Waals surface area contributed by atoms with Crippen LogP contribution in [0.25, 0.3) is 0 Å². The van der Waals surface area contributed by atoms with Crippen molar-refractivity contribution in [2.24, 2.45) is 0 Å². The molecule has 1 aliphatic carbocycles. The van der Waals surface area contributed by atoms with Crippen molar-refractivity contribution < 1.29 is 22.7 Å². The van der Waals surface area contributed by atoms with E-state index in [4.69, 9.17) is 39.5 Å². The number of rotatable bonds is 6. The normalized spacial score (nSPS) is 13.4. The summed E-state index contributed by atoms with van der Waals surface area (Å²) < 4.78 is 49.6. The van der Waals surface area contributed by atoms with Crippen molar-refractivity contribution in [3.8, 4) is 11.6 Å². The highest BCUT2D eigenvalue weighted by atomic mass is 35.5. The average Bonchev–Trinajstić information content (AvgIpc) is 2.80. The molecule has 1 aliphatic rings. The maximum absolute atomic E-state index is 14.8. The highest BCUT2D eigenvalue weighted by Crippen LogP contribution is 2.36. The summed E-state index contributed by atoms with van der Waals surface area (Å²) in [5.74, 6) is -5.76. The Morgan fingerprint density at radius 3 is 2.59 bits per heavy atom. The zero-order valence-corrected chi connectivity index (χ0v) is 19.7. The van der Waals surface area contributed by atoms with Crippen molar-refractivity contribution in [3.63, 3.8) is 0 Å². The first-order chi connectivity index (χ1) is 16.2. The lowest BCUT2D eigenvalue weighted by atomic mass is 9.92. The SMILES string of the molecule is O=C(NCC(F)(F)c1ccc(Cl)cc1Cl)c1c(Oc2cccc(Cl)c2F)nnc2c1CCCC2. The number of halogens is 6. The van der Waals surface area contributed by atoms with Gasteiger partial charge in [-0.25, -0.2) is 4.39 Å². The lowest BCUT2D eigenvalue weighted by molar-refractivity contribution is -0.00241. The zero-order valence-electron chi connectivity index (χ0n) is 17.5. The monoisotopic (exact) mass is 529 g/mol. The lowest BCUT2D eigenvalue weighted by Crippen LogP contribution is -2.36. The molecule has 5 nitrogen and oxygen atoms in total. The zero-order chi connectivity index (χ0) is 24.5. The Morgan fingerprint density at radius 2 is 1.82 bits per heavy atom. The van der Waals surface area contributed by atoms with Gasteiger partial charge in [0.2, 0.25) is 0 Å². The van der Waals surface area contributed by atoms with E-state index < -0.39 is 29.8 Å². The Morgan fingerprint density at radius 1 is 1.06 bits per heavy atom. The first-order valence-electron chi connectivity index (χ1n) is 10.3. The van der Waals surface area contributed by atoms with Crippen LogP contribution >= 0.6 is 34.8 Å². The van der Waals surface area contributed by atoms with Gasteiger partial charge < -0.3 is 10.1 Å². The fraction of sp³-hybridized carbons (Fsp3) is 0.261. The molecule has 0 spiro atoms. The van der Waals surface area contributed by atoms with Gasteiger partial charge in [-0.2, -0.15) is 13.9 Å². The summed E-state index contributed by atoms with van der Waals surface area (Å²) in [7, 11) is 0. The Bertz CT molecular complexity index is 1260. The Kier molecular flexibility index (Phi) is 7.21. The molecule has 0 saturated heterocycles. The molecule has 0 saturated carbocycles. The molecule has 0 aliphatic heterocycles. The quantitative estimate of drug-likeness (QED) is 0.382. The molecule has 178 valence electrons. The van der Waals surface area contributed by atoms with E-state index in [0.29, 0.717) is 24.1 Å². The van der Waals surface area contributed by atoms with Gasteiger partial charge >= 0.3 is 0 Å². The van der Waals surface area contributed by atoms with E-state index in [1.807, 2.05) is 0 Å². The van der Waals surface area contributed by atoms with Crippen molar-refractivity contribution in [1.82, 2.24) is 15.5 Å². The van der Waals surface area contributed by atoms with Gasteiger partial charge in [-0.1, -0.05) is 40.9 Å². The predicted octanol–water partition coefficient (Wildman–Crippen LogP) is 6.77. The van der Waals surface area contributed by atoms with Crippen molar-refractivity contribution in [1.29, 1.82) is 0 Å². The number of fused-ring (bicyclic) bond motifs is 1. The smallest absolute Gasteiger partial charge is 0.291 e. The third kappa shape index (κ3) is 5.09. The van der Waals surface area contributed by atoms with E-state index in [9.17, 15) is 18.0 Å². The highest BCUT2D eigenvalue weighted by Gasteiger charge is 2.35. The van der Waals surface area contributed by atoms with Crippen LogP contribution in [0.4, 0.5) is 13.2 Å². The average molecular weight is 531 g/mol. The minimum Gasteiger partial charge on any atom is -0.434 e. The van der Waals surface area contributed by atoms with Crippen molar-refractivity contribution in [2.75, 3.05) is 6.54 Å². The molecule has 0 unspecified atom stereocenters. The molecular weight excluding hydrogens is 514 g/mol. The second-order valence-corrected chi connectivity index (χ2v) is 8.93. The number of aromatic nitrogens is 2. The minimum atomic E-state index is -3.49. The molecule has 4 rings (SSSR count). The molecule has 0 bridgehead atoms. The van der Waals surface area contributed by atoms with Crippen LogP contribution in [0.15, 0.2) is 36.4 Å².